The summed E-state index contributed by atoms with van der Waals surface area (Å²) >= 11 is 0. The van der Waals surface area contributed by atoms with Gasteiger partial charge in [-0.1, -0.05) is 19.9 Å². The van der Waals surface area contributed by atoms with Crippen molar-refractivity contribution in [3.8, 4) is 6.07 Å². The van der Waals surface area contributed by atoms with Crippen LogP contribution in [0, 0.1) is 11.3 Å². The summed E-state index contributed by atoms with van der Waals surface area (Å²) in [5.74, 6) is 0. The number of nitrogens with zero attached hydrogens (tertiary/aromatic N) is 2. The lowest BCUT2D eigenvalue weighted by Gasteiger charge is -2.35. The van der Waals surface area contributed by atoms with E-state index in [1.807, 2.05) is 6.20 Å². The van der Waals surface area contributed by atoms with Crippen molar-refractivity contribution >= 4 is 10.9 Å². The van der Waals surface area contributed by atoms with Crippen LogP contribution in [0.3, 0.4) is 0 Å². The molecule has 3 nitrogen and oxygen atoms in total. The van der Waals surface area contributed by atoms with Gasteiger partial charge in [-0.25, -0.2) is 0 Å². The molecule has 0 spiro atoms. The van der Waals surface area contributed by atoms with Gasteiger partial charge in [0, 0.05) is 23.1 Å². The van der Waals surface area contributed by atoms with Gasteiger partial charge in [-0.3, -0.25) is 0 Å². The fourth-order valence-corrected chi connectivity index (χ4v) is 3.94. The zero-order valence-corrected chi connectivity index (χ0v) is 13.7. The third kappa shape index (κ3) is 2.64. The number of hydrogen-bond acceptors (Lipinski definition) is 2. The van der Waals surface area contributed by atoms with Crippen molar-refractivity contribution in [2.24, 2.45) is 0 Å². The van der Waals surface area contributed by atoms with Crippen LogP contribution in [0.5, 0.6) is 0 Å². The zero-order valence-electron chi connectivity index (χ0n) is 13.7. The van der Waals surface area contributed by atoms with Gasteiger partial charge in [0.1, 0.15) is 6.07 Å². The van der Waals surface area contributed by atoms with Gasteiger partial charge < -0.3 is 9.88 Å². The van der Waals surface area contributed by atoms with E-state index in [-0.39, 0.29) is 0 Å². The number of rotatable bonds is 5. The summed E-state index contributed by atoms with van der Waals surface area (Å²) in [6.45, 7) is 6.93. The maximum atomic E-state index is 9.33. The molecule has 0 saturated heterocycles. The molecule has 1 aromatic carbocycles. The normalized spacial score (nSPS) is 17.6. The predicted octanol–water partition coefficient (Wildman–Crippen LogP) is 4.02. The molecule has 2 aromatic rings. The number of benzene rings is 1. The lowest BCUT2D eigenvalue weighted by atomic mass is 9.84. The minimum absolute atomic E-state index is 0.661. The molecular formula is C19H25N3. The van der Waals surface area contributed by atoms with Crippen LogP contribution in [0.25, 0.3) is 10.9 Å². The van der Waals surface area contributed by atoms with Gasteiger partial charge in [-0.2, -0.15) is 5.26 Å². The van der Waals surface area contributed by atoms with Crippen LogP contribution >= 0.6 is 0 Å². The highest BCUT2D eigenvalue weighted by Crippen LogP contribution is 2.32. The standard InChI is InChI=1S/C19H25N3/c1-3-9-22(10-4-2)16-6-7-17-14(11-16)5-8-18-19(17)15(12-20)13-21-18/h5,8,13,16,21H,3-4,6-7,9-11H2,1-2H3. The van der Waals surface area contributed by atoms with Crippen LogP contribution in [-0.2, 0) is 12.8 Å². The molecule has 1 N–H and O–H groups in total. The van der Waals surface area contributed by atoms with Crippen LogP contribution in [0.1, 0.15) is 49.8 Å². The highest BCUT2D eigenvalue weighted by atomic mass is 15.1. The second kappa shape index (κ2) is 6.54. The SMILES string of the molecule is CCCN(CCC)C1CCc2c(ccc3[nH]cc(C#N)c23)C1. The van der Waals surface area contributed by atoms with Crippen molar-refractivity contribution in [1.29, 1.82) is 5.26 Å². The summed E-state index contributed by atoms with van der Waals surface area (Å²) in [7, 11) is 0. The average Bonchev–Trinajstić information content (AvgIpc) is 2.97. The predicted molar refractivity (Wildman–Crippen MR) is 91.0 cm³/mol. The van der Waals surface area contributed by atoms with Crippen molar-refractivity contribution in [3.63, 3.8) is 0 Å². The molecule has 0 fully saturated rings. The van der Waals surface area contributed by atoms with E-state index in [0.717, 1.165) is 29.3 Å². The number of aromatic amines is 1. The van der Waals surface area contributed by atoms with Crippen LogP contribution in [-0.4, -0.2) is 29.0 Å². The number of aromatic nitrogens is 1. The van der Waals surface area contributed by atoms with E-state index < -0.39 is 0 Å². The minimum Gasteiger partial charge on any atom is -0.360 e. The highest BCUT2D eigenvalue weighted by Gasteiger charge is 2.25. The molecule has 116 valence electrons. The van der Waals surface area contributed by atoms with Crippen molar-refractivity contribution in [3.05, 3.63) is 35.0 Å². The van der Waals surface area contributed by atoms with E-state index in [9.17, 15) is 5.26 Å². The second-order valence-corrected chi connectivity index (χ2v) is 6.37. The van der Waals surface area contributed by atoms with Gasteiger partial charge in [0.05, 0.1) is 5.56 Å². The lowest BCUT2D eigenvalue weighted by molar-refractivity contribution is 0.180. The summed E-state index contributed by atoms with van der Waals surface area (Å²) in [4.78, 5) is 5.89. The molecule has 3 rings (SSSR count). The number of fused-ring (bicyclic) bond motifs is 3. The summed E-state index contributed by atoms with van der Waals surface area (Å²) in [5.41, 5.74) is 4.74. The quantitative estimate of drug-likeness (QED) is 0.905. The molecule has 0 amide bonds. The van der Waals surface area contributed by atoms with Crippen LogP contribution in [0.4, 0.5) is 0 Å². The van der Waals surface area contributed by atoms with Gasteiger partial charge in [0.2, 0.25) is 0 Å². The van der Waals surface area contributed by atoms with Crippen molar-refractivity contribution in [2.45, 2.75) is 52.0 Å². The summed E-state index contributed by atoms with van der Waals surface area (Å²) in [5, 5.41) is 10.5. The molecule has 1 aromatic heterocycles. The average molecular weight is 295 g/mol. The summed E-state index contributed by atoms with van der Waals surface area (Å²) in [6.07, 6.45) is 7.71. The number of nitrogens with one attached hydrogen (secondary N) is 1. The Kier molecular flexibility index (Phi) is 4.49. The first-order chi connectivity index (χ1) is 10.8. The maximum absolute atomic E-state index is 9.33. The van der Waals surface area contributed by atoms with Crippen molar-refractivity contribution < 1.29 is 0 Å². The largest absolute Gasteiger partial charge is 0.360 e. The molecule has 0 saturated carbocycles. The van der Waals surface area contributed by atoms with Crippen LogP contribution in [0.15, 0.2) is 18.3 Å². The van der Waals surface area contributed by atoms with Gasteiger partial charge >= 0.3 is 0 Å². The topological polar surface area (TPSA) is 42.8 Å². The van der Waals surface area contributed by atoms with E-state index in [2.05, 4.69) is 41.9 Å². The number of nitriles is 1. The smallest absolute Gasteiger partial charge is 0.101 e. The fourth-order valence-electron chi connectivity index (χ4n) is 3.94. The van der Waals surface area contributed by atoms with E-state index in [4.69, 9.17) is 0 Å². The molecule has 22 heavy (non-hydrogen) atoms. The first-order valence-corrected chi connectivity index (χ1v) is 8.54. The van der Waals surface area contributed by atoms with Gasteiger partial charge in [-0.15, -0.1) is 0 Å². The monoisotopic (exact) mass is 295 g/mol. The van der Waals surface area contributed by atoms with E-state index >= 15 is 0 Å². The molecule has 1 atom stereocenters. The van der Waals surface area contributed by atoms with Crippen molar-refractivity contribution in [1.82, 2.24) is 9.88 Å². The molecule has 0 aliphatic heterocycles. The second-order valence-electron chi connectivity index (χ2n) is 6.37. The van der Waals surface area contributed by atoms with Crippen LogP contribution < -0.4 is 0 Å². The number of hydrogen-bond donors (Lipinski definition) is 1. The van der Waals surface area contributed by atoms with Gasteiger partial charge in [-0.05, 0) is 62.4 Å². The Labute approximate surface area is 132 Å². The fraction of sp³-hybridized carbons (Fsp3) is 0.526. The Morgan fingerprint density at radius 3 is 2.73 bits per heavy atom. The molecule has 0 radical (unpaired) electrons. The highest BCUT2D eigenvalue weighted by molar-refractivity contribution is 5.90. The van der Waals surface area contributed by atoms with Gasteiger partial charge in [0.15, 0.2) is 0 Å². The zero-order chi connectivity index (χ0) is 15.5. The minimum atomic E-state index is 0.661. The first kappa shape index (κ1) is 15.1. The molecule has 1 unspecified atom stereocenters. The Hall–Kier alpha value is -1.79. The Morgan fingerprint density at radius 1 is 1.27 bits per heavy atom. The Bertz CT molecular complexity index is 687. The molecule has 1 aliphatic rings. The first-order valence-electron chi connectivity index (χ1n) is 8.54. The summed E-state index contributed by atoms with van der Waals surface area (Å²) < 4.78 is 0. The maximum Gasteiger partial charge on any atom is 0.101 e. The Morgan fingerprint density at radius 2 is 2.05 bits per heavy atom. The molecule has 1 heterocycles. The molecule has 0 bridgehead atoms. The molecule has 3 heteroatoms. The molecule has 1 aliphatic carbocycles. The third-order valence-electron chi connectivity index (χ3n) is 4.89. The summed E-state index contributed by atoms with van der Waals surface area (Å²) in [6, 6.07) is 7.40. The molecular weight excluding hydrogens is 270 g/mol. The number of H-pyrrole nitrogens is 1. The Balaban J connectivity index is 1.92. The van der Waals surface area contributed by atoms with E-state index in [0.29, 0.717) is 6.04 Å². The van der Waals surface area contributed by atoms with Gasteiger partial charge in [0.25, 0.3) is 0 Å². The van der Waals surface area contributed by atoms with Crippen LogP contribution in [0.2, 0.25) is 0 Å². The number of aryl methyl sites for hydroxylation is 1. The third-order valence-corrected chi connectivity index (χ3v) is 4.89. The van der Waals surface area contributed by atoms with Crippen molar-refractivity contribution in [2.75, 3.05) is 13.1 Å². The van der Waals surface area contributed by atoms with E-state index in [1.54, 1.807) is 0 Å². The van der Waals surface area contributed by atoms with E-state index in [1.165, 1.54) is 43.5 Å². The lowest BCUT2D eigenvalue weighted by Crippen LogP contribution is -2.40.